The van der Waals surface area contributed by atoms with Crippen LogP contribution in [0, 0.1) is 18.3 Å². The van der Waals surface area contributed by atoms with E-state index in [0.717, 1.165) is 17.7 Å². The zero-order chi connectivity index (χ0) is 14.3. The van der Waals surface area contributed by atoms with Gasteiger partial charge in [-0.3, -0.25) is 4.79 Å². The monoisotopic (exact) mass is 266 g/mol. The number of amides is 2. The summed E-state index contributed by atoms with van der Waals surface area (Å²) in [6, 6.07) is -0.333. The molecule has 1 fully saturated rings. The van der Waals surface area contributed by atoms with Crippen molar-refractivity contribution >= 4 is 12.0 Å². The first-order valence-electron chi connectivity index (χ1n) is 6.75. The smallest absolute Gasteiger partial charge is 0.323 e. The van der Waals surface area contributed by atoms with Crippen LogP contribution in [0.15, 0.2) is 0 Å². The fourth-order valence-electron chi connectivity index (χ4n) is 2.51. The lowest BCUT2D eigenvalue weighted by Gasteiger charge is -2.30. The Labute approximate surface area is 114 Å². The summed E-state index contributed by atoms with van der Waals surface area (Å²) in [5, 5.41) is 11.6. The number of carbonyl (C=O) groups is 2. The minimum atomic E-state index is -1.06. The van der Waals surface area contributed by atoms with Crippen LogP contribution >= 0.6 is 0 Å². The summed E-state index contributed by atoms with van der Waals surface area (Å²) in [5.74, 6) is 1.73. The van der Waals surface area contributed by atoms with Crippen molar-refractivity contribution in [3.8, 4) is 12.3 Å². The van der Waals surface area contributed by atoms with E-state index in [1.54, 1.807) is 0 Å². The van der Waals surface area contributed by atoms with Gasteiger partial charge in [0.2, 0.25) is 0 Å². The molecule has 1 aliphatic carbocycles. The van der Waals surface area contributed by atoms with E-state index in [0.29, 0.717) is 5.92 Å². The van der Waals surface area contributed by atoms with Crippen LogP contribution in [-0.2, 0) is 4.79 Å². The second-order valence-corrected chi connectivity index (χ2v) is 5.09. The molecular weight excluding hydrogens is 244 g/mol. The Morgan fingerprint density at radius 2 is 2.05 bits per heavy atom. The molecule has 2 amide bonds. The second-order valence-electron chi connectivity index (χ2n) is 5.09. The molecule has 0 heterocycles. The summed E-state index contributed by atoms with van der Waals surface area (Å²) in [5.41, 5.74) is 0. The van der Waals surface area contributed by atoms with Crippen LogP contribution in [0.2, 0.25) is 0 Å². The van der Waals surface area contributed by atoms with Gasteiger partial charge in [-0.2, -0.15) is 0 Å². The Hall–Kier alpha value is -1.70. The minimum Gasteiger partial charge on any atom is -0.480 e. The molecular formula is C14H22N2O3. The maximum atomic E-state index is 12.0. The third-order valence-electron chi connectivity index (χ3n) is 3.60. The van der Waals surface area contributed by atoms with Crippen LogP contribution in [0.25, 0.3) is 0 Å². The van der Waals surface area contributed by atoms with Crippen LogP contribution in [0.3, 0.4) is 0 Å². The molecule has 1 unspecified atom stereocenters. The molecule has 0 aromatic rings. The van der Waals surface area contributed by atoms with Crippen molar-refractivity contribution in [2.75, 3.05) is 13.1 Å². The van der Waals surface area contributed by atoms with Crippen LogP contribution in [0.4, 0.5) is 4.79 Å². The third-order valence-corrected chi connectivity index (χ3v) is 3.60. The summed E-state index contributed by atoms with van der Waals surface area (Å²) < 4.78 is 0. The molecule has 19 heavy (non-hydrogen) atoms. The number of rotatable bonds is 5. The van der Waals surface area contributed by atoms with Gasteiger partial charge in [-0.05, 0) is 25.7 Å². The predicted molar refractivity (Wildman–Crippen MR) is 72.6 cm³/mol. The fourth-order valence-corrected chi connectivity index (χ4v) is 2.51. The van der Waals surface area contributed by atoms with Gasteiger partial charge in [0.1, 0.15) is 6.54 Å². The van der Waals surface area contributed by atoms with Crippen LogP contribution < -0.4 is 5.32 Å². The van der Waals surface area contributed by atoms with Crippen molar-refractivity contribution in [2.45, 2.75) is 45.1 Å². The number of aliphatic carboxylic acids is 1. The van der Waals surface area contributed by atoms with Gasteiger partial charge in [0.05, 0.1) is 6.54 Å². The topological polar surface area (TPSA) is 69.6 Å². The highest BCUT2D eigenvalue weighted by Gasteiger charge is 2.24. The third kappa shape index (κ3) is 5.21. The summed E-state index contributed by atoms with van der Waals surface area (Å²) >= 11 is 0. The molecule has 106 valence electrons. The normalized spacial score (nSPS) is 17.3. The summed E-state index contributed by atoms with van der Waals surface area (Å²) in [4.78, 5) is 23.8. The Bertz CT molecular complexity index is 356. The van der Waals surface area contributed by atoms with Crippen molar-refractivity contribution in [1.82, 2.24) is 10.2 Å². The number of hydrogen-bond acceptors (Lipinski definition) is 2. The van der Waals surface area contributed by atoms with Gasteiger partial charge in [-0.1, -0.05) is 25.2 Å². The number of nitrogens with zero attached hydrogens (tertiary/aromatic N) is 1. The lowest BCUT2D eigenvalue weighted by atomic mass is 9.84. The maximum Gasteiger partial charge on any atom is 0.323 e. The van der Waals surface area contributed by atoms with Crippen molar-refractivity contribution < 1.29 is 14.7 Å². The minimum absolute atomic E-state index is 0.00944. The summed E-state index contributed by atoms with van der Waals surface area (Å²) in [6.45, 7) is 1.62. The zero-order valence-electron chi connectivity index (χ0n) is 11.4. The molecule has 0 aromatic carbocycles. The highest BCUT2D eigenvalue weighted by Crippen LogP contribution is 2.26. The molecule has 0 saturated heterocycles. The zero-order valence-corrected chi connectivity index (χ0v) is 11.4. The number of terminal acetylenes is 1. The second kappa shape index (κ2) is 7.67. The van der Waals surface area contributed by atoms with E-state index in [1.165, 1.54) is 19.3 Å². The van der Waals surface area contributed by atoms with E-state index < -0.39 is 12.0 Å². The number of carbonyl (C=O) groups excluding carboxylic acids is 1. The Morgan fingerprint density at radius 3 is 2.58 bits per heavy atom. The van der Waals surface area contributed by atoms with E-state index in [9.17, 15) is 9.59 Å². The van der Waals surface area contributed by atoms with E-state index in [4.69, 9.17) is 11.5 Å². The van der Waals surface area contributed by atoms with Crippen LogP contribution in [0.5, 0.6) is 0 Å². The average Bonchev–Trinajstić information content (AvgIpc) is 2.38. The van der Waals surface area contributed by atoms with Gasteiger partial charge in [0.15, 0.2) is 0 Å². The quantitative estimate of drug-likeness (QED) is 0.744. The molecule has 1 aliphatic rings. The van der Waals surface area contributed by atoms with E-state index in [1.807, 2.05) is 6.92 Å². The SMILES string of the molecule is C#CCN(CC(=O)O)C(=O)NC(C)C1CCCCC1. The largest absolute Gasteiger partial charge is 0.480 e. The number of hydrogen-bond donors (Lipinski definition) is 2. The molecule has 1 rings (SSSR count). The molecule has 0 radical (unpaired) electrons. The van der Waals surface area contributed by atoms with Crippen molar-refractivity contribution in [3.63, 3.8) is 0 Å². The molecule has 1 atom stereocenters. The van der Waals surface area contributed by atoms with Crippen molar-refractivity contribution in [2.24, 2.45) is 5.92 Å². The van der Waals surface area contributed by atoms with E-state index in [2.05, 4.69) is 11.2 Å². The summed E-state index contributed by atoms with van der Waals surface area (Å²) in [7, 11) is 0. The first-order chi connectivity index (χ1) is 9.04. The predicted octanol–water partition coefficient (Wildman–Crippen LogP) is 1.68. The summed E-state index contributed by atoms with van der Waals surface area (Å²) in [6.07, 6.45) is 11.1. The standard InChI is InChI=1S/C14H22N2O3/c1-3-9-16(10-13(17)18)14(19)15-11(2)12-7-5-4-6-8-12/h1,11-12H,4-10H2,2H3,(H,15,19)(H,17,18). The van der Waals surface area contributed by atoms with E-state index >= 15 is 0 Å². The highest BCUT2D eigenvalue weighted by molar-refractivity contribution is 5.80. The lowest BCUT2D eigenvalue weighted by molar-refractivity contribution is -0.137. The molecule has 0 aliphatic heterocycles. The average molecular weight is 266 g/mol. The van der Waals surface area contributed by atoms with Gasteiger partial charge in [0, 0.05) is 6.04 Å². The molecule has 1 saturated carbocycles. The van der Waals surface area contributed by atoms with Gasteiger partial charge in [-0.15, -0.1) is 6.42 Å². The van der Waals surface area contributed by atoms with E-state index in [-0.39, 0.29) is 19.1 Å². The van der Waals surface area contributed by atoms with Gasteiger partial charge >= 0.3 is 12.0 Å². The molecule has 0 spiro atoms. The number of carboxylic acids is 1. The Morgan fingerprint density at radius 1 is 1.42 bits per heavy atom. The number of nitrogens with one attached hydrogen (secondary N) is 1. The Balaban J connectivity index is 2.50. The Kier molecular flexibility index (Phi) is 6.20. The number of urea groups is 1. The van der Waals surface area contributed by atoms with Crippen LogP contribution in [-0.4, -0.2) is 41.1 Å². The molecule has 5 heteroatoms. The lowest BCUT2D eigenvalue weighted by Crippen LogP contribution is -2.48. The fraction of sp³-hybridized carbons (Fsp3) is 0.714. The van der Waals surface area contributed by atoms with Gasteiger partial charge in [0.25, 0.3) is 0 Å². The molecule has 0 bridgehead atoms. The van der Waals surface area contributed by atoms with Gasteiger partial charge < -0.3 is 15.3 Å². The van der Waals surface area contributed by atoms with Crippen molar-refractivity contribution in [1.29, 1.82) is 0 Å². The number of carboxylic acid groups (broad SMARTS) is 1. The first-order valence-corrected chi connectivity index (χ1v) is 6.75. The highest BCUT2D eigenvalue weighted by atomic mass is 16.4. The van der Waals surface area contributed by atoms with Gasteiger partial charge in [-0.25, -0.2) is 4.79 Å². The van der Waals surface area contributed by atoms with Crippen LogP contribution in [0.1, 0.15) is 39.0 Å². The molecule has 5 nitrogen and oxygen atoms in total. The molecule has 2 N–H and O–H groups in total. The van der Waals surface area contributed by atoms with Crippen molar-refractivity contribution in [3.05, 3.63) is 0 Å². The molecule has 0 aromatic heterocycles. The maximum absolute atomic E-state index is 12.0. The first kappa shape index (κ1) is 15.4.